The number of pyridine rings is 1. The third kappa shape index (κ3) is 5.41. The van der Waals surface area contributed by atoms with Gasteiger partial charge in [0.15, 0.2) is 0 Å². The van der Waals surface area contributed by atoms with Crippen molar-refractivity contribution >= 4 is 17.6 Å². The predicted octanol–water partition coefficient (Wildman–Crippen LogP) is 1.30. The van der Waals surface area contributed by atoms with Crippen LogP contribution in [0.5, 0.6) is 0 Å². The average Bonchev–Trinajstić information content (AvgIpc) is 3.28. The van der Waals surface area contributed by atoms with Crippen LogP contribution in [-0.4, -0.2) is 35.9 Å². The van der Waals surface area contributed by atoms with E-state index in [0.29, 0.717) is 31.0 Å². The Morgan fingerprint density at radius 3 is 2.76 bits per heavy atom. The van der Waals surface area contributed by atoms with Crippen LogP contribution in [-0.2, 0) is 4.79 Å². The van der Waals surface area contributed by atoms with Gasteiger partial charge >= 0.3 is 0 Å². The SMILES string of the molecule is CCNc1ccc(C(=O)NCCCC(=O)NC2CC2)cn1. The maximum absolute atomic E-state index is 11.9. The highest BCUT2D eigenvalue weighted by Crippen LogP contribution is 2.18. The van der Waals surface area contributed by atoms with Gasteiger partial charge in [0, 0.05) is 31.7 Å². The second kappa shape index (κ2) is 7.61. The number of hydrogen-bond donors (Lipinski definition) is 3. The van der Waals surface area contributed by atoms with Gasteiger partial charge in [-0.05, 0) is 38.3 Å². The minimum atomic E-state index is -0.159. The lowest BCUT2D eigenvalue weighted by molar-refractivity contribution is -0.121. The Morgan fingerprint density at radius 2 is 2.14 bits per heavy atom. The molecule has 1 fully saturated rings. The zero-order valence-corrected chi connectivity index (χ0v) is 12.3. The number of anilines is 1. The first kappa shape index (κ1) is 15.3. The van der Waals surface area contributed by atoms with Crippen molar-refractivity contribution in [3.8, 4) is 0 Å². The number of rotatable bonds is 8. The maximum atomic E-state index is 11.9. The van der Waals surface area contributed by atoms with Crippen LogP contribution >= 0.6 is 0 Å². The molecule has 6 nitrogen and oxygen atoms in total. The molecule has 1 aliphatic rings. The average molecular weight is 290 g/mol. The van der Waals surface area contributed by atoms with Crippen LogP contribution in [0.1, 0.15) is 43.0 Å². The lowest BCUT2D eigenvalue weighted by Gasteiger charge is -2.06. The van der Waals surface area contributed by atoms with Crippen molar-refractivity contribution < 1.29 is 9.59 Å². The number of nitrogens with one attached hydrogen (secondary N) is 3. The third-order valence-corrected chi connectivity index (χ3v) is 3.19. The summed E-state index contributed by atoms with van der Waals surface area (Å²) in [6.07, 6.45) is 4.84. The molecule has 2 amide bonds. The van der Waals surface area contributed by atoms with E-state index in [9.17, 15) is 9.59 Å². The highest BCUT2D eigenvalue weighted by molar-refractivity contribution is 5.94. The van der Waals surface area contributed by atoms with Gasteiger partial charge < -0.3 is 16.0 Å². The summed E-state index contributed by atoms with van der Waals surface area (Å²) >= 11 is 0. The van der Waals surface area contributed by atoms with Crippen LogP contribution in [0.25, 0.3) is 0 Å². The second-order valence-corrected chi connectivity index (χ2v) is 5.16. The fourth-order valence-electron chi connectivity index (χ4n) is 1.89. The van der Waals surface area contributed by atoms with Gasteiger partial charge in [-0.2, -0.15) is 0 Å². The van der Waals surface area contributed by atoms with E-state index in [1.165, 1.54) is 0 Å². The fourth-order valence-corrected chi connectivity index (χ4v) is 1.89. The van der Waals surface area contributed by atoms with E-state index in [1.54, 1.807) is 18.3 Å². The van der Waals surface area contributed by atoms with Crippen LogP contribution in [0, 0.1) is 0 Å². The molecule has 0 unspecified atom stereocenters. The van der Waals surface area contributed by atoms with Gasteiger partial charge in [-0.1, -0.05) is 0 Å². The highest BCUT2D eigenvalue weighted by atomic mass is 16.2. The minimum absolute atomic E-state index is 0.0726. The maximum Gasteiger partial charge on any atom is 0.252 e. The van der Waals surface area contributed by atoms with Crippen molar-refractivity contribution in [2.45, 2.75) is 38.6 Å². The zero-order chi connectivity index (χ0) is 15.1. The van der Waals surface area contributed by atoms with Gasteiger partial charge in [0.05, 0.1) is 5.56 Å². The molecule has 0 atom stereocenters. The monoisotopic (exact) mass is 290 g/mol. The molecule has 2 rings (SSSR count). The van der Waals surface area contributed by atoms with E-state index in [0.717, 1.165) is 25.2 Å². The Balaban J connectivity index is 1.65. The third-order valence-electron chi connectivity index (χ3n) is 3.19. The molecule has 21 heavy (non-hydrogen) atoms. The van der Waals surface area contributed by atoms with Crippen molar-refractivity contribution in [2.24, 2.45) is 0 Å². The molecule has 114 valence electrons. The molecule has 0 spiro atoms. The first-order valence-electron chi connectivity index (χ1n) is 7.46. The number of carbonyl (C=O) groups is 2. The van der Waals surface area contributed by atoms with Crippen molar-refractivity contribution in [1.29, 1.82) is 0 Å². The molecular formula is C15H22N4O2. The minimum Gasteiger partial charge on any atom is -0.370 e. The van der Waals surface area contributed by atoms with E-state index in [1.807, 2.05) is 6.92 Å². The Labute approximate surface area is 124 Å². The Bertz CT molecular complexity index is 483. The normalized spacial score (nSPS) is 13.6. The number of carbonyl (C=O) groups excluding carboxylic acids is 2. The summed E-state index contributed by atoms with van der Waals surface area (Å²) in [4.78, 5) is 27.5. The topological polar surface area (TPSA) is 83.1 Å². The van der Waals surface area contributed by atoms with E-state index in [2.05, 4.69) is 20.9 Å². The molecule has 1 aromatic rings. The molecule has 1 aliphatic carbocycles. The van der Waals surface area contributed by atoms with Gasteiger partial charge in [-0.25, -0.2) is 4.98 Å². The lowest BCUT2D eigenvalue weighted by Crippen LogP contribution is -2.28. The van der Waals surface area contributed by atoms with E-state index in [-0.39, 0.29) is 11.8 Å². The summed E-state index contributed by atoms with van der Waals surface area (Å²) in [5.74, 6) is 0.669. The molecule has 1 saturated carbocycles. The molecule has 6 heteroatoms. The summed E-state index contributed by atoms with van der Waals surface area (Å²) in [5, 5.41) is 8.79. The molecule has 0 aliphatic heterocycles. The molecular weight excluding hydrogens is 268 g/mol. The van der Waals surface area contributed by atoms with Crippen LogP contribution in [0.2, 0.25) is 0 Å². The number of amides is 2. The van der Waals surface area contributed by atoms with Gasteiger partial charge in [-0.15, -0.1) is 0 Å². The van der Waals surface area contributed by atoms with Crippen molar-refractivity contribution in [3.05, 3.63) is 23.9 Å². The largest absolute Gasteiger partial charge is 0.370 e. The number of nitrogens with zero attached hydrogens (tertiary/aromatic N) is 1. The lowest BCUT2D eigenvalue weighted by atomic mass is 10.2. The van der Waals surface area contributed by atoms with Crippen LogP contribution in [0.4, 0.5) is 5.82 Å². The zero-order valence-electron chi connectivity index (χ0n) is 12.3. The predicted molar refractivity (Wildman–Crippen MR) is 81.1 cm³/mol. The summed E-state index contributed by atoms with van der Waals surface area (Å²) < 4.78 is 0. The second-order valence-electron chi connectivity index (χ2n) is 5.16. The Kier molecular flexibility index (Phi) is 5.54. The summed E-state index contributed by atoms with van der Waals surface area (Å²) in [6, 6.07) is 3.91. The van der Waals surface area contributed by atoms with Crippen molar-refractivity contribution in [2.75, 3.05) is 18.4 Å². The quantitative estimate of drug-likeness (QED) is 0.630. The van der Waals surface area contributed by atoms with Crippen LogP contribution < -0.4 is 16.0 Å². The highest BCUT2D eigenvalue weighted by Gasteiger charge is 2.22. The molecule has 1 aromatic heterocycles. The smallest absolute Gasteiger partial charge is 0.252 e. The van der Waals surface area contributed by atoms with E-state index < -0.39 is 0 Å². The van der Waals surface area contributed by atoms with Gasteiger partial charge in [-0.3, -0.25) is 9.59 Å². The Hall–Kier alpha value is -2.11. The first-order valence-corrected chi connectivity index (χ1v) is 7.46. The summed E-state index contributed by atoms with van der Waals surface area (Å²) in [7, 11) is 0. The molecule has 0 radical (unpaired) electrons. The standard InChI is InChI=1S/C15H22N4O2/c1-2-16-13-8-5-11(10-18-13)15(21)17-9-3-4-14(20)19-12-6-7-12/h5,8,10,12H,2-4,6-7,9H2,1H3,(H,16,18)(H,17,21)(H,19,20). The van der Waals surface area contributed by atoms with Crippen molar-refractivity contribution in [1.82, 2.24) is 15.6 Å². The van der Waals surface area contributed by atoms with E-state index in [4.69, 9.17) is 0 Å². The van der Waals surface area contributed by atoms with Gasteiger partial charge in [0.1, 0.15) is 5.82 Å². The Morgan fingerprint density at radius 1 is 1.33 bits per heavy atom. The van der Waals surface area contributed by atoms with Crippen LogP contribution in [0.15, 0.2) is 18.3 Å². The summed E-state index contributed by atoms with van der Waals surface area (Å²) in [5.41, 5.74) is 0.527. The molecule has 0 saturated heterocycles. The first-order chi connectivity index (χ1) is 10.2. The molecule has 3 N–H and O–H groups in total. The molecule has 0 aromatic carbocycles. The fraction of sp³-hybridized carbons (Fsp3) is 0.533. The van der Waals surface area contributed by atoms with Gasteiger partial charge in [0.25, 0.3) is 5.91 Å². The number of aromatic nitrogens is 1. The molecule has 1 heterocycles. The van der Waals surface area contributed by atoms with Crippen molar-refractivity contribution in [3.63, 3.8) is 0 Å². The van der Waals surface area contributed by atoms with E-state index >= 15 is 0 Å². The molecule has 0 bridgehead atoms. The van der Waals surface area contributed by atoms with Crippen LogP contribution in [0.3, 0.4) is 0 Å². The number of hydrogen-bond acceptors (Lipinski definition) is 4. The van der Waals surface area contributed by atoms with Gasteiger partial charge in [0.2, 0.25) is 5.91 Å². The summed E-state index contributed by atoms with van der Waals surface area (Å²) in [6.45, 7) is 3.27.